The van der Waals surface area contributed by atoms with Gasteiger partial charge in [-0.25, -0.2) is 9.18 Å². The third-order valence-corrected chi connectivity index (χ3v) is 2.80. The third-order valence-electron chi connectivity index (χ3n) is 2.80. The van der Waals surface area contributed by atoms with Crippen LogP contribution in [0.2, 0.25) is 0 Å². The Labute approximate surface area is 110 Å². The number of benzene rings is 2. The lowest BCUT2D eigenvalue weighted by Gasteiger charge is -2.06. The van der Waals surface area contributed by atoms with E-state index in [-0.39, 0.29) is 12.4 Å². The lowest BCUT2D eigenvalue weighted by Crippen LogP contribution is -2.06. The zero-order valence-corrected chi connectivity index (χ0v) is 10.5. The molecule has 2 aromatic rings. The first-order valence-electron chi connectivity index (χ1n) is 5.84. The molecule has 4 heteroatoms. The topological polar surface area (TPSA) is 52.3 Å². The zero-order chi connectivity index (χ0) is 13.8. The van der Waals surface area contributed by atoms with Crippen molar-refractivity contribution >= 4 is 11.7 Å². The lowest BCUT2D eigenvalue weighted by molar-refractivity contribution is 0.0473. The summed E-state index contributed by atoms with van der Waals surface area (Å²) >= 11 is 0. The van der Waals surface area contributed by atoms with E-state index in [0.717, 1.165) is 11.1 Å². The number of nitrogens with two attached hydrogens (primary N) is 1. The molecule has 0 heterocycles. The van der Waals surface area contributed by atoms with E-state index in [0.29, 0.717) is 11.3 Å². The number of anilines is 1. The molecule has 0 saturated carbocycles. The van der Waals surface area contributed by atoms with Crippen LogP contribution in [0.3, 0.4) is 0 Å². The van der Waals surface area contributed by atoms with E-state index >= 15 is 0 Å². The molecule has 19 heavy (non-hydrogen) atoms. The van der Waals surface area contributed by atoms with Crippen molar-refractivity contribution < 1.29 is 13.9 Å². The van der Waals surface area contributed by atoms with E-state index in [1.807, 2.05) is 6.92 Å². The molecule has 0 radical (unpaired) electrons. The van der Waals surface area contributed by atoms with E-state index in [1.165, 1.54) is 12.1 Å². The van der Waals surface area contributed by atoms with Crippen LogP contribution in [0.4, 0.5) is 10.1 Å². The third kappa shape index (κ3) is 3.31. The van der Waals surface area contributed by atoms with Crippen LogP contribution >= 0.6 is 0 Å². The molecule has 98 valence electrons. The van der Waals surface area contributed by atoms with Crippen LogP contribution in [0.5, 0.6) is 0 Å². The Bertz CT molecular complexity index is 594. The van der Waals surface area contributed by atoms with Crippen molar-refractivity contribution in [1.82, 2.24) is 0 Å². The molecular formula is C15H14FNO2. The van der Waals surface area contributed by atoms with Crippen molar-refractivity contribution in [2.45, 2.75) is 13.5 Å². The summed E-state index contributed by atoms with van der Waals surface area (Å²) in [5.74, 6) is -0.766. The Balaban J connectivity index is 2.01. The number of rotatable bonds is 3. The average Bonchev–Trinajstić information content (AvgIpc) is 2.41. The van der Waals surface area contributed by atoms with E-state index in [2.05, 4.69) is 0 Å². The number of carbonyl (C=O) groups is 1. The van der Waals surface area contributed by atoms with Crippen LogP contribution in [-0.4, -0.2) is 5.97 Å². The largest absolute Gasteiger partial charge is 0.457 e. The van der Waals surface area contributed by atoms with E-state index in [9.17, 15) is 9.18 Å². The molecule has 2 rings (SSSR count). The van der Waals surface area contributed by atoms with Crippen LogP contribution < -0.4 is 5.73 Å². The summed E-state index contributed by atoms with van der Waals surface area (Å²) in [6.45, 7) is 1.97. The second-order valence-corrected chi connectivity index (χ2v) is 4.27. The van der Waals surface area contributed by atoms with Gasteiger partial charge in [-0.1, -0.05) is 18.2 Å². The first-order valence-corrected chi connectivity index (χ1v) is 5.84. The molecular weight excluding hydrogens is 245 g/mol. The number of hydrogen-bond donors (Lipinski definition) is 1. The summed E-state index contributed by atoms with van der Waals surface area (Å²) in [4.78, 5) is 11.8. The summed E-state index contributed by atoms with van der Waals surface area (Å²) < 4.78 is 17.8. The Hall–Kier alpha value is -2.36. The predicted molar refractivity (Wildman–Crippen MR) is 71.1 cm³/mol. The fourth-order valence-corrected chi connectivity index (χ4v) is 1.58. The van der Waals surface area contributed by atoms with Gasteiger partial charge in [0, 0.05) is 5.69 Å². The average molecular weight is 259 g/mol. The maximum absolute atomic E-state index is 12.7. The summed E-state index contributed by atoms with van der Waals surface area (Å²) in [7, 11) is 0. The molecule has 0 aromatic heterocycles. The molecule has 0 spiro atoms. The predicted octanol–water partition coefficient (Wildman–Crippen LogP) is 3.07. The number of aryl methyl sites for hydroxylation is 1. The minimum atomic E-state index is -0.448. The molecule has 0 aliphatic heterocycles. The lowest BCUT2D eigenvalue weighted by atomic mass is 10.1. The van der Waals surface area contributed by atoms with E-state index in [4.69, 9.17) is 10.5 Å². The van der Waals surface area contributed by atoms with Gasteiger partial charge < -0.3 is 10.5 Å². The molecule has 0 amide bonds. The second-order valence-electron chi connectivity index (χ2n) is 4.27. The summed E-state index contributed by atoms with van der Waals surface area (Å²) in [5.41, 5.74) is 8.34. The maximum atomic E-state index is 12.7. The molecule has 0 aliphatic rings. The fraction of sp³-hybridized carbons (Fsp3) is 0.133. The SMILES string of the molecule is Cc1ccc(C(=O)OCc2ccc(F)cc2)cc1N. The summed E-state index contributed by atoms with van der Waals surface area (Å²) in [5, 5.41) is 0. The van der Waals surface area contributed by atoms with Crippen molar-refractivity contribution in [3.8, 4) is 0 Å². The molecule has 0 fully saturated rings. The number of hydrogen-bond acceptors (Lipinski definition) is 3. The molecule has 2 N–H and O–H groups in total. The smallest absolute Gasteiger partial charge is 0.338 e. The first kappa shape index (κ1) is 13.1. The van der Waals surface area contributed by atoms with Crippen LogP contribution in [0.15, 0.2) is 42.5 Å². The maximum Gasteiger partial charge on any atom is 0.338 e. The Morgan fingerprint density at radius 3 is 2.53 bits per heavy atom. The number of nitrogen functional groups attached to an aromatic ring is 1. The zero-order valence-electron chi connectivity index (χ0n) is 10.5. The minimum absolute atomic E-state index is 0.104. The number of ether oxygens (including phenoxy) is 1. The number of esters is 1. The quantitative estimate of drug-likeness (QED) is 0.680. The standard InChI is InChI=1S/C15H14FNO2/c1-10-2-5-12(8-14(10)17)15(18)19-9-11-3-6-13(16)7-4-11/h2-8H,9,17H2,1H3. The van der Waals surface area contributed by atoms with Crippen LogP contribution in [0.1, 0.15) is 21.5 Å². The molecule has 0 bridgehead atoms. The monoisotopic (exact) mass is 259 g/mol. The van der Waals surface area contributed by atoms with Crippen LogP contribution in [0, 0.1) is 12.7 Å². The Morgan fingerprint density at radius 2 is 1.89 bits per heavy atom. The van der Waals surface area contributed by atoms with Gasteiger partial charge in [-0.15, -0.1) is 0 Å². The highest BCUT2D eigenvalue weighted by molar-refractivity contribution is 5.90. The number of carbonyl (C=O) groups excluding carboxylic acids is 1. The van der Waals surface area contributed by atoms with Gasteiger partial charge in [0.2, 0.25) is 0 Å². The molecule has 0 atom stereocenters. The normalized spacial score (nSPS) is 10.2. The minimum Gasteiger partial charge on any atom is -0.457 e. The van der Waals surface area contributed by atoms with Gasteiger partial charge in [-0.3, -0.25) is 0 Å². The van der Waals surface area contributed by atoms with Crippen molar-refractivity contribution in [3.05, 3.63) is 65.0 Å². The molecule has 3 nitrogen and oxygen atoms in total. The Morgan fingerprint density at radius 1 is 1.21 bits per heavy atom. The van der Waals surface area contributed by atoms with E-state index in [1.54, 1.807) is 30.3 Å². The Kier molecular flexibility index (Phi) is 3.80. The van der Waals surface area contributed by atoms with Gasteiger partial charge in [0.25, 0.3) is 0 Å². The van der Waals surface area contributed by atoms with E-state index < -0.39 is 5.97 Å². The van der Waals surface area contributed by atoms with Gasteiger partial charge in [0.05, 0.1) is 5.56 Å². The fourth-order valence-electron chi connectivity index (χ4n) is 1.58. The highest BCUT2D eigenvalue weighted by atomic mass is 19.1. The van der Waals surface area contributed by atoms with Crippen molar-refractivity contribution in [2.24, 2.45) is 0 Å². The van der Waals surface area contributed by atoms with Gasteiger partial charge >= 0.3 is 5.97 Å². The molecule has 0 aliphatic carbocycles. The van der Waals surface area contributed by atoms with Gasteiger partial charge in [-0.2, -0.15) is 0 Å². The number of halogens is 1. The molecule has 2 aromatic carbocycles. The highest BCUT2D eigenvalue weighted by Crippen LogP contribution is 2.14. The van der Waals surface area contributed by atoms with Crippen LogP contribution in [0.25, 0.3) is 0 Å². The molecule has 0 saturated heterocycles. The highest BCUT2D eigenvalue weighted by Gasteiger charge is 2.08. The van der Waals surface area contributed by atoms with Crippen LogP contribution in [-0.2, 0) is 11.3 Å². The summed E-state index contributed by atoms with van der Waals surface area (Å²) in [6.07, 6.45) is 0. The first-order chi connectivity index (χ1) is 9.06. The van der Waals surface area contributed by atoms with Crippen molar-refractivity contribution in [2.75, 3.05) is 5.73 Å². The molecule has 0 unspecified atom stereocenters. The van der Waals surface area contributed by atoms with Gasteiger partial charge in [0.1, 0.15) is 12.4 Å². The van der Waals surface area contributed by atoms with Gasteiger partial charge in [-0.05, 0) is 42.3 Å². The van der Waals surface area contributed by atoms with Gasteiger partial charge in [0.15, 0.2) is 0 Å². The summed E-state index contributed by atoms with van der Waals surface area (Å²) in [6, 6.07) is 10.8. The van der Waals surface area contributed by atoms with Crippen molar-refractivity contribution in [3.63, 3.8) is 0 Å². The second kappa shape index (κ2) is 5.52. The van der Waals surface area contributed by atoms with Crippen molar-refractivity contribution in [1.29, 1.82) is 0 Å².